The van der Waals surface area contributed by atoms with Gasteiger partial charge in [0.2, 0.25) is 0 Å². The van der Waals surface area contributed by atoms with Gasteiger partial charge in [0.15, 0.2) is 0 Å². The average Bonchev–Trinajstić information content (AvgIpc) is 3.34. The van der Waals surface area contributed by atoms with Crippen LogP contribution in [0.1, 0.15) is 74.6 Å². The molecule has 0 amide bonds. The Morgan fingerprint density at radius 3 is 1.38 bits per heavy atom. The van der Waals surface area contributed by atoms with E-state index in [-0.39, 0.29) is 36.0 Å². The summed E-state index contributed by atoms with van der Waals surface area (Å²) in [7, 11) is 0. The van der Waals surface area contributed by atoms with Crippen LogP contribution in [-0.2, 0) is 28.7 Å². The molecule has 0 heterocycles. The maximum atomic E-state index is 12.9. The second-order valence-corrected chi connectivity index (χ2v) is 13.9. The van der Waals surface area contributed by atoms with E-state index in [2.05, 4.69) is 28.2 Å². The van der Waals surface area contributed by atoms with Crippen LogP contribution in [0.3, 0.4) is 0 Å². The summed E-state index contributed by atoms with van der Waals surface area (Å²) in [4.78, 5) is 51.4. The Balaban J connectivity index is 1.29. The van der Waals surface area contributed by atoms with Crippen molar-refractivity contribution in [1.82, 2.24) is 0 Å². The molecule has 0 N–H and O–H groups in total. The fourth-order valence-corrected chi connectivity index (χ4v) is 5.71. The van der Waals surface area contributed by atoms with Gasteiger partial charge in [-0.25, -0.2) is 19.2 Å². The molecule has 338 valence electrons. The van der Waals surface area contributed by atoms with Crippen molar-refractivity contribution in [2.24, 2.45) is 10.2 Å². The molecule has 0 aliphatic heterocycles. The van der Waals surface area contributed by atoms with Crippen molar-refractivity contribution in [3.63, 3.8) is 0 Å². The first-order valence-electron chi connectivity index (χ1n) is 21.1. The number of hydrogen-bond acceptors (Lipinski definition) is 13. The molecule has 4 aromatic carbocycles. The summed E-state index contributed by atoms with van der Waals surface area (Å²) in [6, 6.07) is 29.2. The van der Waals surface area contributed by atoms with Gasteiger partial charge in [-0.05, 0) is 146 Å². The highest BCUT2D eigenvalue weighted by molar-refractivity contribution is 6.04. The van der Waals surface area contributed by atoms with E-state index in [9.17, 15) is 24.4 Å². The Kier molecular flexibility index (Phi) is 21.1. The Morgan fingerprint density at radius 2 is 0.985 bits per heavy atom. The molecule has 0 aliphatic rings. The molecule has 0 unspecified atom stereocenters. The van der Waals surface area contributed by atoms with E-state index >= 15 is 0 Å². The van der Waals surface area contributed by atoms with Crippen molar-refractivity contribution >= 4 is 47.5 Å². The van der Waals surface area contributed by atoms with Gasteiger partial charge in [-0.2, -0.15) is 15.5 Å². The summed E-state index contributed by atoms with van der Waals surface area (Å²) >= 11 is 0. The maximum absolute atomic E-state index is 12.9. The van der Waals surface area contributed by atoms with Crippen LogP contribution in [0.5, 0.6) is 23.0 Å². The van der Waals surface area contributed by atoms with E-state index in [0.717, 1.165) is 23.3 Å². The highest BCUT2D eigenvalue weighted by atomic mass is 16.5. The number of ether oxygens (including phenoxy) is 6. The number of rotatable bonds is 25. The maximum Gasteiger partial charge on any atom is 0.354 e. The standard InChI is InChI=1S/C52H50N4O10/c1-6-46(39-18-26-44(27-19-39)65-51(59)41(36-53)34-37-14-22-42(23-15-37)61-30-10-12-32-63-49(57)8-3)55-56-47(7-2)40-20-28-45(29-21-40)66-52(60)48(54-5)35-38-16-24-43(25-17-38)62-31-11-13-33-64-50(58)9-4/h8-9,14-29,34-35H,3-4,6-7,10-13,30-33H2,1-2H3/b41-34+,48-35-,55-46+,56-47+. The molecule has 66 heavy (non-hydrogen) atoms. The van der Waals surface area contributed by atoms with Crippen molar-refractivity contribution in [1.29, 1.82) is 5.26 Å². The summed E-state index contributed by atoms with van der Waals surface area (Å²) in [5.74, 6) is -0.794. The second-order valence-electron chi connectivity index (χ2n) is 13.9. The van der Waals surface area contributed by atoms with E-state index < -0.39 is 23.9 Å². The first-order chi connectivity index (χ1) is 32.1. The number of carbonyl (C=O) groups is 4. The van der Waals surface area contributed by atoms with Crippen LogP contribution < -0.4 is 18.9 Å². The van der Waals surface area contributed by atoms with E-state index in [1.807, 2.05) is 19.9 Å². The number of nitrogens with zero attached hydrogens (tertiary/aromatic N) is 4. The minimum absolute atomic E-state index is 0.184. The van der Waals surface area contributed by atoms with Gasteiger partial charge in [0.1, 0.15) is 34.6 Å². The highest BCUT2D eigenvalue weighted by Gasteiger charge is 2.15. The van der Waals surface area contributed by atoms with Gasteiger partial charge in [-0.15, -0.1) is 0 Å². The van der Waals surface area contributed by atoms with Crippen LogP contribution in [0, 0.1) is 17.9 Å². The van der Waals surface area contributed by atoms with Crippen LogP contribution >= 0.6 is 0 Å². The quantitative estimate of drug-likeness (QED) is 0.00905. The molecule has 0 atom stereocenters. The van der Waals surface area contributed by atoms with Crippen LogP contribution in [0.25, 0.3) is 17.0 Å². The number of carbonyl (C=O) groups excluding carboxylic acids is 4. The molecular formula is C52H50N4O10. The van der Waals surface area contributed by atoms with Crippen molar-refractivity contribution in [3.8, 4) is 29.1 Å². The van der Waals surface area contributed by atoms with Crippen molar-refractivity contribution in [2.45, 2.75) is 52.4 Å². The second kappa shape index (κ2) is 27.6. The van der Waals surface area contributed by atoms with Gasteiger partial charge >= 0.3 is 23.9 Å². The Morgan fingerprint density at radius 1 is 0.591 bits per heavy atom. The Hall–Kier alpha value is -8.36. The SMILES string of the molecule is [C-]#[N+]/C(=C\c1ccc(OCCCCOC(=O)C=C)cc1)C(=O)Oc1ccc(/C(CC)=N/N=C(\CC)c2ccc(OC(=O)/C(C#N)=C/c3ccc(OCCCCOC(=O)C=C)cc3)cc2)cc1. The third kappa shape index (κ3) is 17.1. The lowest BCUT2D eigenvalue weighted by molar-refractivity contribution is -0.138. The van der Waals surface area contributed by atoms with Crippen LogP contribution in [-0.4, -0.2) is 61.7 Å². The first-order valence-corrected chi connectivity index (χ1v) is 21.1. The molecule has 4 aromatic rings. The number of unbranched alkanes of at least 4 members (excludes halogenated alkanes) is 2. The zero-order chi connectivity index (χ0) is 47.5. The third-order valence-electron chi connectivity index (χ3n) is 9.24. The van der Waals surface area contributed by atoms with Crippen LogP contribution in [0.2, 0.25) is 0 Å². The fraction of sp³-hybridized carbons (Fsp3) is 0.231. The Bertz CT molecular complexity index is 2330. The Labute approximate surface area is 384 Å². The van der Waals surface area contributed by atoms with E-state index in [1.54, 1.807) is 97.1 Å². The van der Waals surface area contributed by atoms with Crippen LogP contribution in [0.15, 0.2) is 144 Å². The minimum atomic E-state index is -0.808. The normalized spacial score (nSPS) is 11.6. The van der Waals surface area contributed by atoms with E-state index in [0.29, 0.717) is 85.8 Å². The molecule has 0 radical (unpaired) electrons. The molecule has 0 fully saturated rings. The van der Waals surface area contributed by atoms with Gasteiger partial charge in [-0.3, -0.25) is 4.79 Å². The van der Waals surface area contributed by atoms with Crippen molar-refractivity contribution in [2.75, 3.05) is 26.4 Å². The monoisotopic (exact) mass is 890 g/mol. The predicted octanol–water partition coefficient (Wildman–Crippen LogP) is 9.85. The molecule has 14 nitrogen and oxygen atoms in total. The summed E-state index contributed by atoms with van der Waals surface area (Å²) < 4.78 is 32.3. The average molecular weight is 891 g/mol. The zero-order valence-corrected chi connectivity index (χ0v) is 36.9. The van der Waals surface area contributed by atoms with Crippen molar-refractivity contribution in [3.05, 3.63) is 167 Å². The molecule has 0 bridgehead atoms. The number of esters is 4. The smallest absolute Gasteiger partial charge is 0.354 e. The van der Waals surface area contributed by atoms with Gasteiger partial charge in [0.05, 0.1) is 44.4 Å². The topological polar surface area (TPSA) is 177 Å². The summed E-state index contributed by atoms with van der Waals surface area (Å²) in [5.41, 5.74) is 3.75. The highest BCUT2D eigenvalue weighted by Crippen LogP contribution is 2.21. The lowest BCUT2D eigenvalue weighted by atomic mass is 10.1. The number of hydrogen-bond donors (Lipinski definition) is 0. The third-order valence-corrected chi connectivity index (χ3v) is 9.24. The lowest BCUT2D eigenvalue weighted by Crippen LogP contribution is -2.10. The van der Waals surface area contributed by atoms with Gasteiger partial charge in [0.25, 0.3) is 5.70 Å². The number of benzene rings is 4. The van der Waals surface area contributed by atoms with Gasteiger partial charge in [0, 0.05) is 12.2 Å². The van der Waals surface area contributed by atoms with E-state index in [1.165, 1.54) is 12.2 Å². The molecule has 0 aliphatic carbocycles. The van der Waals surface area contributed by atoms with E-state index in [4.69, 9.17) is 35.0 Å². The lowest BCUT2D eigenvalue weighted by Gasteiger charge is -2.08. The molecule has 0 spiro atoms. The molecule has 0 saturated heterocycles. The largest absolute Gasteiger partial charge is 0.494 e. The number of nitriles is 1. The minimum Gasteiger partial charge on any atom is -0.494 e. The van der Waals surface area contributed by atoms with Gasteiger partial charge < -0.3 is 28.4 Å². The van der Waals surface area contributed by atoms with Crippen molar-refractivity contribution < 1.29 is 47.6 Å². The molecule has 0 saturated carbocycles. The summed E-state index contributed by atoms with van der Waals surface area (Å²) in [5, 5.41) is 18.8. The predicted molar refractivity (Wildman–Crippen MR) is 251 cm³/mol. The summed E-state index contributed by atoms with van der Waals surface area (Å²) in [6.07, 6.45) is 8.89. The first kappa shape index (κ1) is 50.3. The zero-order valence-electron chi connectivity index (χ0n) is 36.9. The van der Waals surface area contributed by atoms with Crippen LogP contribution in [0.4, 0.5) is 0 Å². The van der Waals surface area contributed by atoms with Gasteiger partial charge in [-0.1, -0.05) is 51.3 Å². The fourth-order valence-electron chi connectivity index (χ4n) is 5.71. The molecular weight excluding hydrogens is 841 g/mol. The molecule has 4 rings (SSSR count). The molecule has 0 aromatic heterocycles. The summed E-state index contributed by atoms with van der Waals surface area (Å²) in [6.45, 7) is 19.6. The molecule has 14 heteroatoms.